The zero-order valence-corrected chi connectivity index (χ0v) is 24.7. The molecule has 1 N–H and O–H groups in total. The molecule has 1 aliphatic rings. The zero-order valence-electron chi connectivity index (χ0n) is 22.4. The second-order valence-electron chi connectivity index (χ2n) is 9.46. The lowest BCUT2D eigenvalue weighted by Crippen LogP contribution is -2.29. The van der Waals surface area contributed by atoms with Crippen LogP contribution in [-0.4, -0.2) is 33.6 Å². The topological polar surface area (TPSA) is 92.6 Å². The average Bonchev–Trinajstić information content (AvgIpc) is 3.58. The molecule has 1 aliphatic heterocycles. The van der Waals surface area contributed by atoms with Crippen LogP contribution in [0.3, 0.4) is 0 Å². The molecule has 4 aromatic carbocycles. The number of carbonyl (C=O) groups excluding carboxylic acids is 2. The van der Waals surface area contributed by atoms with E-state index in [1.165, 1.54) is 33.4 Å². The molecule has 5 aromatic rings. The molecule has 6 rings (SSSR count). The van der Waals surface area contributed by atoms with Crippen molar-refractivity contribution >= 4 is 68.1 Å². The van der Waals surface area contributed by atoms with E-state index >= 15 is 0 Å². The summed E-state index contributed by atoms with van der Waals surface area (Å²) in [5, 5.41) is 23.1. The summed E-state index contributed by atoms with van der Waals surface area (Å²) < 4.78 is 6.34. The van der Waals surface area contributed by atoms with E-state index in [0.29, 0.717) is 38.6 Å². The molecular formula is C32H24ClN3O4S2. The first-order valence-corrected chi connectivity index (χ1v) is 15.3. The van der Waals surface area contributed by atoms with Gasteiger partial charge in [-0.15, -0.1) is 10.2 Å². The maximum atomic E-state index is 13.5. The van der Waals surface area contributed by atoms with Crippen LogP contribution in [0.2, 0.25) is 5.02 Å². The number of aromatic nitrogens is 2. The van der Waals surface area contributed by atoms with Gasteiger partial charge in [-0.2, -0.15) is 0 Å². The van der Waals surface area contributed by atoms with Gasteiger partial charge in [-0.05, 0) is 65.2 Å². The van der Waals surface area contributed by atoms with Gasteiger partial charge in [0, 0.05) is 16.3 Å². The molecule has 0 aliphatic carbocycles. The van der Waals surface area contributed by atoms with Gasteiger partial charge in [-0.3, -0.25) is 14.5 Å². The van der Waals surface area contributed by atoms with Gasteiger partial charge in [0.15, 0.2) is 4.34 Å². The maximum Gasteiger partial charge on any atom is 0.301 e. The summed E-state index contributed by atoms with van der Waals surface area (Å²) in [5.74, 6) is -0.663. The lowest BCUT2D eigenvalue weighted by atomic mass is 9.95. The summed E-state index contributed by atoms with van der Waals surface area (Å²) >= 11 is 8.78. The fraction of sp³-hybridized carbons (Fsp3) is 0.125. The van der Waals surface area contributed by atoms with Crippen LogP contribution in [0.4, 0.5) is 5.13 Å². The van der Waals surface area contributed by atoms with E-state index in [1.807, 2.05) is 25.1 Å². The first-order valence-electron chi connectivity index (χ1n) is 13.2. The lowest BCUT2D eigenvalue weighted by molar-refractivity contribution is -0.132. The number of amides is 1. The number of hydrogen-bond acceptors (Lipinski definition) is 8. The van der Waals surface area contributed by atoms with Gasteiger partial charge >= 0.3 is 5.91 Å². The highest BCUT2D eigenvalue weighted by atomic mass is 35.5. The Kier molecular flexibility index (Phi) is 7.97. The second-order valence-corrected chi connectivity index (χ2v) is 12.1. The third-order valence-corrected chi connectivity index (χ3v) is 9.24. The van der Waals surface area contributed by atoms with Crippen LogP contribution in [0.5, 0.6) is 5.75 Å². The van der Waals surface area contributed by atoms with E-state index in [0.717, 1.165) is 10.9 Å². The van der Waals surface area contributed by atoms with Crippen LogP contribution in [0.1, 0.15) is 29.7 Å². The first-order chi connectivity index (χ1) is 20.4. The summed E-state index contributed by atoms with van der Waals surface area (Å²) in [7, 11) is 0. The number of ketones is 1. The number of aliphatic hydroxyl groups excluding tert-OH is 1. The van der Waals surface area contributed by atoms with Crippen molar-refractivity contribution < 1.29 is 19.4 Å². The van der Waals surface area contributed by atoms with Gasteiger partial charge in [0.05, 0.1) is 18.2 Å². The van der Waals surface area contributed by atoms with E-state index < -0.39 is 17.7 Å². The highest BCUT2D eigenvalue weighted by molar-refractivity contribution is 8.00. The summed E-state index contributed by atoms with van der Waals surface area (Å²) in [6.45, 7) is 2.32. The van der Waals surface area contributed by atoms with Crippen molar-refractivity contribution in [3.05, 3.63) is 118 Å². The number of benzene rings is 4. The molecule has 1 aromatic heterocycles. The number of fused-ring (bicyclic) bond motifs is 1. The lowest BCUT2D eigenvalue weighted by Gasteiger charge is -2.23. The molecular weight excluding hydrogens is 590 g/mol. The Hall–Kier alpha value is -4.18. The normalized spacial score (nSPS) is 16.3. The van der Waals surface area contributed by atoms with Crippen LogP contribution >= 0.6 is 34.7 Å². The van der Waals surface area contributed by atoms with Gasteiger partial charge in [0.1, 0.15) is 11.5 Å². The van der Waals surface area contributed by atoms with Crippen LogP contribution in [0.15, 0.2) is 101 Å². The largest absolute Gasteiger partial charge is 0.507 e. The molecule has 0 bridgehead atoms. The quantitative estimate of drug-likeness (QED) is 0.0631. The fourth-order valence-corrected chi connectivity index (χ4v) is 6.96. The summed E-state index contributed by atoms with van der Waals surface area (Å²) in [5.41, 5.74) is 2.07. The standard InChI is InChI=1S/C32H24ClN3O4S2/c1-2-40-24-11-6-9-21(17-24)27-26(28(37)20-13-15-23(33)16-14-20)29(38)30(39)36(27)31-34-35-32(42-31)41-18-22-10-5-8-19-7-3-4-12-25(19)22/h3-17,27,37H,2,18H2,1H3/b28-26+. The van der Waals surface area contributed by atoms with Gasteiger partial charge in [-0.25, -0.2) is 0 Å². The molecule has 7 nitrogen and oxygen atoms in total. The Morgan fingerprint density at radius 3 is 2.57 bits per heavy atom. The van der Waals surface area contributed by atoms with Gasteiger partial charge in [-0.1, -0.05) is 89.3 Å². The molecule has 1 fully saturated rings. The molecule has 1 atom stereocenters. The number of aliphatic hydroxyl groups is 1. The number of carbonyl (C=O) groups is 2. The predicted molar refractivity (Wildman–Crippen MR) is 167 cm³/mol. The number of thioether (sulfide) groups is 1. The smallest absolute Gasteiger partial charge is 0.301 e. The molecule has 210 valence electrons. The Morgan fingerprint density at radius 1 is 1.00 bits per heavy atom. The molecule has 42 heavy (non-hydrogen) atoms. The van der Waals surface area contributed by atoms with Crippen molar-refractivity contribution in [1.82, 2.24) is 10.2 Å². The van der Waals surface area contributed by atoms with Gasteiger partial charge in [0.25, 0.3) is 5.78 Å². The van der Waals surface area contributed by atoms with Gasteiger partial charge < -0.3 is 9.84 Å². The monoisotopic (exact) mass is 613 g/mol. The Morgan fingerprint density at radius 2 is 1.76 bits per heavy atom. The maximum absolute atomic E-state index is 13.5. The van der Waals surface area contributed by atoms with Crippen LogP contribution in [0, 0.1) is 0 Å². The average molecular weight is 614 g/mol. The van der Waals surface area contributed by atoms with Gasteiger partial charge in [0.2, 0.25) is 5.13 Å². The minimum Gasteiger partial charge on any atom is -0.507 e. The molecule has 1 saturated heterocycles. The Balaban J connectivity index is 1.38. The fourth-order valence-electron chi connectivity index (χ4n) is 4.97. The third-order valence-electron chi connectivity index (χ3n) is 6.88. The number of ether oxygens (including phenoxy) is 1. The van der Waals surface area contributed by atoms with Crippen molar-refractivity contribution in [2.75, 3.05) is 11.5 Å². The molecule has 10 heteroatoms. The van der Waals surface area contributed by atoms with E-state index in [1.54, 1.807) is 48.5 Å². The van der Waals surface area contributed by atoms with E-state index in [-0.39, 0.29) is 16.5 Å². The van der Waals surface area contributed by atoms with Crippen molar-refractivity contribution in [2.45, 2.75) is 23.1 Å². The highest BCUT2D eigenvalue weighted by Crippen LogP contribution is 2.44. The van der Waals surface area contributed by atoms with Crippen molar-refractivity contribution in [3.8, 4) is 5.75 Å². The molecule has 2 heterocycles. The molecule has 0 spiro atoms. The van der Waals surface area contributed by atoms with E-state index in [9.17, 15) is 14.7 Å². The van der Waals surface area contributed by atoms with Crippen LogP contribution < -0.4 is 9.64 Å². The minimum absolute atomic E-state index is 0.0453. The predicted octanol–water partition coefficient (Wildman–Crippen LogP) is 7.66. The molecule has 0 radical (unpaired) electrons. The van der Waals surface area contributed by atoms with E-state index in [4.69, 9.17) is 16.3 Å². The molecule has 0 saturated carbocycles. The summed E-state index contributed by atoms with van der Waals surface area (Å²) in [4.78, 5) is 28.4. The number of hydrogen-bond donors (Lipinski definition) is 1. The number of nitrogens with zero attached hydrogens (tertiary/aromatic N) is 3. The van der Waals surface area contributed by atoms with Crippen molar-refractivity contribution in [3.63, 3.8) is 0 Å². The minimum atomic E-state index is -0.940. The Labute approximate surface area is 255 Å². The second kappa shape index (κ2) is 12.0. The highest BCUT2D eigenvalue weighted by Gasteiger charge is 2.48. The SMILES string of the molecule is CCOc1cccc(C2/C(=C(\O)c3ccc(Cl)cc3)C(=O)C(=O)N2c2nnc(SCc3cccc4ccccc34)s2)c1. The number of halogens is 1. The molecule has 1 amide bonds. The molecule has 1 unspecified atom stereocenters. The summed E-state index contributed by atoms with van der Waals surface area (Å²) in [6.07, 6.45) is 0. The Bertz CT molecular complexity index is 1830. The third kappa shape index (κ3) is 5.38. The number of anilines is 1. The van der Waals surface area contributed by atoms with Crippen LogP contribution in [0.25, 0.3) is 16.5 Å². The zero-order chi connectivity index (χ0) is 29.2. The van der Waals surface area contributed by atoms with Crippen molar-refractivity contribution in [2.24, 2.45) is 0 Å². The first kappa shape index (κ1) is 28.0. The van der Waals surface area contributed by atoms with Crippen molar-refractivity contribution in [1.29, 1.82) is 0 Å². The summed E-state index contributed by atoms with van der Waals surface area (Å²) in [6, 6.07) is 27.0. The number of Topliss-reactive ketones (excluding diaryl/α,β-unsaturated/α-hetero) is 1. The van der Waals surface area contributed by atoms with E-state index in [2.05, 4.69) is 34.5 Å². The van der Waals surface area contributed by atoms with Crippen LogP contribution in [-0.2, 0) is 15.3 Å². The number of rotatable bonds is 8.